The van der Waals surface area contributed by atoms with Crippen LogP contribution >= 0.6 is 15.9 Å². The molecule has 0 atom stereocenters. The monoisotopic (exact) mass is 370 g/mol. The summed E-state index contributed by atoms with van der Waals surface area (Å²) in [6.07, 6.45) is -4.38. The van der Waals surface area contributed by atoms with Gasteiger partial charge >= 0.3 is 6.18 Å². The van der Waals surface area contributed by atoms with Crippen molar-refractivity contribution >= 4 is 27.0 Å². The highest BCUT2D eigenvalue weighted by atomic mass is 79.9. The van der Waals surface area contributed by atoms with Crippen molar-refractivity contribution in [2.24, 2.45) is 0 Å². The molecule has 7 heteroatoms. The molecule has 0 saturated carbocycles. The maximum Gasteiger partial charge on any atom is 0.416 e. The van der Waals surface area contributed by atoms with Gasteiger partial charge in [-0.1, -0.05) is 15.9 Å². The van der Waals surface area contributed by atoms with E-state index in [0.717, 1.165) is 16.6 Å². The third-order valence-corrected chi connectivity index (χ3v) is 3.72. The van der Waals surface area contributed by atoms with Crippen molar-refractivity contribution in [2.45, 2.75) is 6.18 Å². The van der Waals surface area contributed by atoms with Crippen molar-refractivity contribution in [1.82, 2.24) is 9.97 Å². The van der Waals surface area contributed by atoms with Gasteiger partial charge in [0.1, 0.15) is 11.6 Å². The van der Waals surface area contributed by atoms with Gasteiger partial charge in [0.2, 0.25) is 0 Å². The molecule has 1 N–H and O–H groups in total. The molecule has 3 nitrogen and oxygen atoms in total. The minimum atomic E-state index is -4.38. The molecule has 1 heterocycles. The van der Waals surface area contributed by atoms with Crippen LogP contribution in [0.4, 0.5) is 13.2 Å². The fraction of sp³-hybridized carbons (Fsp3) is 0.133. The zero-order chi connectivity index (χ0) is 15.9. The van der Waals surface area contributed by atoms with Crippen molar-refractivity contribution in [2.75, 3.05) is 7.11 Å². The summed E-state index contributed by atoms with van der Waals surface area (Å²) in [6.45, 7) is 0. The van der Waals surface area contributed by atoms with Crippen LogP contribution in [0.25, 0.3) is 22.4 Å². The first kappa shape index (κ1) is 14.9. The van der Waals surface area contributed by atoms with Crippen LogP contribution in [-0.4, -0.2) is 17.1 Å². The number of aromatic amines is 1. The van der Waals surface area contributed by atoms with Gasteiger partial charge in [-0.15, -0.1) is 0 Å². The molecular formula is C15H10BrF3N2O. The average molecular weight is 371 g/mol. The summed E-state index contributed by atoms with van der Waals surface area (Å²) in [4.78, 5) is 7.24. The van der Waals surface area contributed by atoms with Gasteiger partial charge < -0.3 is 9.72 Å². The maximum absolute atomic E-state index is 12.7. The third kappa shape index (κ3) is 2.68. The summed E-state index contributed by atoms with van der Waals surface area (Å²) in [5.74, 6) is 1.03. The Balaban J connectivity index is 2.13. The fourth-order valence-electron chi connectivity index (χ4n) is 2.17. The van der Waals surface area contributed by atoms with Gasteiger partial charge in [0.15, 0.2) is 0 Å². The molecular weight excluding hydrogens is 361 g/mol. The average Bonchev–Trinajstić information content (AvgIpc) is 2.88. The minimum Gasteiger partial charge on any atom is -0.496 e. The number of imidazole rings is 1. The zero-order valence-electron chi connectivity index (χ0n) is 11.3. The molecule has 0 saturated heterocycles. The number of fused-ring (bicyclic) bond motifs is 1. The third-order valence-electron chi connectivity index (χ3n) is 3.23. The van der Waals surface area contributed by atoms with Crippen LogP contribution in [0.15, 0.2) is 40.9 Å². The van der Waals surface area contributed by atoms with E-state index in [1.807, 2.05) is 6.07 Å². The number of nitrogens with zero attached hydrogens (tertiary/aromatic N) is 1. The van der Waals surface area contributed by atoms with Gasteiger partial charge in [0.25, 0.3) is 0 Å². The normalized spacial score (nSPS) is 11.9. The Hall–Kier alpha value is -2.02. The maximum atomic E-state index is 12.7. The number of nitrogens with one attached hydrogen (secondary N) is 1. The lowest BCUT2D eigenvalue weighted by Gasteiger charge is -2.06. The van der Waals surface area contributed by atoms with Crippen LogP contribution in [0.3, 0.4) is 0 Å². The van der Waals surface area contributed by atoms with E-state index >= 15 is 0 Å². The predicted molar refractivity (Wildman–Crippen MR) is 80.8 cm³/mol. The van der Waals surface area contributed by atoms with Crippen molar-refractivity contribution in [3.63, 3.8) is 0 Å². The first-order valence-electron chi connectivity index (χ1n) is 6.29. The van der Waals surface area contributed by atoms with E-state index in [1.165, 1.54) is 13.2 Å². The molecule has 0 radical (unpaired) electrons. The Morgan fingerprint density at radius 1 is 1.14 bits per heavy atom. The number of methoxy groups -OCH3 is 1. The molecule has 0 aliphatic carbocycles. The molecule has 0 aliphatic rings. The van der Waals surface area contributed by atoms with Gasteiger partial charge in [0, 0.05) is 4.47 Å². The summed E-state index contributed by atoms with van der Waals surface area (Å²) in [7, 11) is 1.52. The molecule has 0 spiro atoms. The molecule has 3 aromatic rings. The molecule has 1 aromatic heterocycles. The number of hydrogen-bond donors (Lipinski definition) is 1. The second kappa shape index (κ2) is 5.31. The molecule has 0 unspecified atom stereocenters. The van der Waals surface area contributed by atoms with Crippen LogP contribution in [0.2, 0.25) is 0 Å². The summed E-state index contributed by atoms with van der Waals surface area (Å²) < 4.78 is 44.4. The quantitative estimate of drug-likeness (QED) is 0.687. The highest BCUT2D eigenvalue weighted by Crippen LogP contribution is 2.34. The molecule has 0 fully saturated rings. The van der Waals surface area contributed by atoms with E-state index in [1.54, 1.807) is 12.1 Å². The van der Waals surface area contributed by atoms with E-state index in [2.05, 4.69) is 25.9 Å². The molecule has 0 bridgehead atoms. The zero-order valence-corrected chi connectivity index (χ0v) is 12.9. The van der Waals surface area contributed by atoms with E-state index < -0.39 is 11.7 Å². The van der Waals surface area contributed by atoms with Crippen LogP contribution < -0.4 is 4.74 Å². The summed E-state index contributed by atoms with van der Waals surface area (Å²) in [6, 6.07) is 8.79. The molecule has 114 valence electrons. The number of benzene rings is 2. The smallest absolute Gasteiger partial charge is 0.416 e. The van der Waals surface area contributed by atoms with Crippen molar-refractivity contribution in [3.8, 4) is 17.1 Å². The number of halogens is 4. The Labute approximate surface area is 132 Å². The van der Waals surface area contributed by atoms with Crippen LogP contribution in [0, 0.1) is 0 Å². The predicted octanol–water partition coefficient (Wildman–Crippen LogP) is 5.02. The first-order chi connectivity index (χ1) is 10.4. The minimum absolute atomic E-state index is 0.329. The SMILES string of the molecule is COc1cc(Br)ccc1-c1nc2ccc(C(F)(F)F)cc2[nH]1. The second-order valence-corrected chi connectivity index (χ2v) is 5.58. The van der Waals surface area contributed by atoms with E-state index in [4.69, 9.17) is 4.74 Å². The Morgan fingerprint density at radius 3 is 2.59 bits per heavy atom. The largest absolute Gasteiger partial charge is 0.496 e. The molecule has 0 aliphatic heterocycles. The number of rotatable bonds is 2. The molecule has 3 rings (SSSR count). The second-order valence-electron chi connectivity index (χ2n) is 4.66. The molecule has 22 heavy (non-hydrogen) atoms. The van der Waals surface area contributed by atoms with Crippen molar-refractivity contribution in [3.05, 3.63) is 46.4 Å². The molecule has 0 amide bonds. The molecule has 2 aromatic carbocycles. The number of alkyl halides is 3. The van der Waals surface area contributed by atoms with Gasteiger partial charge in [-0.25, -0.2) is 4.98 Å². The lowest BCUT2D eigenvalue weighted by atomic mass is 10.2. The highest BCUT2D eigenvalue weighted by Gasteiger charge is 2.30. The Kier molecular flexibility index (Phi) is 3.60. The van der Waals surface area contributed by atoms with Crippen LogP contribution in [-0.2, 0) is 6.18 Å². The standard InChI is InChI=1S/C15H10BrF3N2O/c1-22-13-7-9(16)3-4-10(13)14-20-11-5-2-8(15(17,18)19)6-12(11)21-14/h2-7H,1H3,(H,20,21). The van der Waals surface area contributed by atoms with Gasteiger partial charge in [-0.05, 0) is 36.4 Å². The van der Waals surface area contributed by atoms with E-state index in [-0.39, 0.29) is 0 Å². The summed E-state index contributed by atoms with van der Waals surface area (Å²) in [5, 5.41) is 0. The van der Waals surface area contributed by atoms with E-state index in [9.17, 15) is 13.2 Å². The summed E-state index contributed by atoms with van der Waals surface area (Å²) in [5.41, 5.74) is 0.760. The summed E-state index contributed by atoms with van der Waals surface area (Å²) >= 11 is 3.34. The first-order valence-corrected chi connectivity index (χ1v) is 7.08. The van der Waals surface area contributed by atoms with Gasteiger partial charge in [-0.3, -0.25) is 0 Å². The highest BCUT2D eigenvalue weighted by molar-refractivity contribution is 9.10. The van der Waals surface area contributed by atoms with Crippen molar-refractivity contribution in [1.29, 1.82) is 0 Å². The van der Waals surface area contributed by atoms with Crippen molar-refractivity contribution < 1.29 is 17.9 Å². The fourth-order valence-corrected chi connectivity index (χ4v) is 2.51. The Morgan fingerprint density at radius 2 is 1.91 bits per heavy atom. The number of H-pyrrole nitrogens is 1. The number of ether oxygens (including phenoxy) is 1. The van der Waals surface area contributed by atoms with Crippen LogP contribution in [0.5, 0.6) is 5.75 Å². The lowest BCUT2D eigenvalue weighted by molar-refractivity contribution is -0.137. The van der Waals surface area contributed by atoms with Gasteiger partial charge in [-0.2, -0.15) is 13.2 Å². The van der Waals surface area contributed by atoms with Gasteiger partial charge in [0.05, 0.1) is 29.3 Å². The Bertz CT molecular complexity index is 842. The number of aromatic nitrogens is 2. The van der Waals surface area contributed by atoms with Crippen LogP contribution in [0.1, 0.15) is 5.56 Å². The number of hydrogen-bond acceptors (Lipinski definition) is 2. The topological polar surface area (TPSA) is 37.9 Å². The lowest BCUT2D eigenvalue weighted by Crippen LogP contribution is -2.04. The van der Waals surface area contributed by atoms with E-state index in [0.29, 0.717) is 28.2 Å².